The molecule has 0 saturated heterocycles. The maximum Gasteiger partial charge on any atom is 0.306 e. The number of carbonyl (C=O) groups excluding carboxylic acids is 2. The van der Waals surface area contributed by atoms with Crippen LogP contribution in [0.25, 0.3) is 5.69 Å². The molecule has 0 aliphatic heterocycles. The number of hydrogen-bond acceptors (Lipinski definition) is 4. The highest BCUT2D eigenvalue weighted by Crippen LogP contribution is 2.13. The standard InChI is InChI=1S/C20H27N3O3/c1-15-13-21-23(14-15)17-10-8-16(9-11-17)19(25)22(5)12-6-7-18(24)26-20(2,3)4/h8-11,13-14H,6-7,12H2,1-5H3. The summed E-state index contributed by atoms with van der Waals surface area (Å²) in [6.07, 6.45) is 4.59. The summed E-state index contributed by atoms with van der Waals surface area (Å²) in [5.74, 6) is -0.311. The van der Waals surface area contributed by atoms with Gasteiger partial charge in [-0.3, -0.25) is 9.59 Å². The predicted octanol–water partition coefficient (Wildman–Crippen LogP) is 3.37. The maximum atomic E-state index is 12.5. The molecule has 1 aromatic heterocycles. The highest BCUT2D eigenvalue weighted by molar-refractivity contribution is 5.94. The van der Waals surface area contributed by atoms with Crippen LogP contribution in [0, 0.1) is 6.92 Å². The van der Waals surface area contributed by atoms with Crippen LogP contribution >= 0.6 is 0 Å². The van der Waals surface area contributed by atoms with Gasteiger partial charge in [0.1, 0.15) is 5.60 Å². The van der Waals surface area contributed by atoms with E-state index in [0.29, 0.717) is 24.9 Å². The largest absolute Gasteiger partial charge is 0.460 e. The van der Waals surface area contributed by atoms with Gasteiger partial charge in [0.15, 0.2) is 0 Å². The van der Waals surface area contributed by atoms with Crippen molar-refractivity contribution in [2.45, 2.75) is 46.1 Å². The molecule has 6 heteroatoms. The van der Waals surface area contributed by atoms with Crippen LogP contribution in [0.1, 0.15) is 49.5 Å². The Kier molecular flexibility index (Phi) is 6.18. The van der Waals surface area contributed by atoms with E-state index in [2.05, 4.69) is 5.10 Å². The van der Waals surface area contributed by atoms with Crippen LogP contribution in [-0.4, -0.2) is 45.8 Å². The lowest BCUT2D eigenvalue weighted by molar-refractivity contribution is -0.154. The molecule has 0 fully saturated rings. The molecule has 1 aromatic carbocycles. The lowest BCUT2D eigenvalue weighted by Crippen LogP contribution is -2.29. The van der Waals surface area contributed by atoms with Gasteiger partial charge in [0, 0.05) is 31.8 Å². The third-order valence-electron chi connectivity index (χ3n) is 3.73. The van der Waals surface area contributed by atoms with Crippen LogP contribution < -0.4 is 0 Å². The van der Waals surface area contributed by atoms with Gasteiger partial charge in [0.25, 0.3) is 5.91 Å². The van der Waals surface area contributed by atoms with Crippen LogP contribution in [0.3, 0.4) is 0 Å². The number of aromatic nitrogens is 2. The average molecular weight is 357 g/mol. The summed E-state index contributed by atoms with van der Waals surface area (Å²) in [6.45, 7) is 8.00. The number of carbonyl (C=O) groups is 2. The van der Waals surface area contributed by atoms with E-state index in [1.165, 1.54) is 0 Å². The van der Waals surface area contributed by atoms with Crippen molar-refractivity contribution >= 4 is 11.9 Å². The molecule has 0 atom stereocenters. The smallest absolute Gasteiger partial charge is 0.306 e. The number of rotatable bonds is 6. The van der Waals surface area contributed by atoms with Crippen LogP contribution in [-0.2, 0) is 9.53 Å². The fraction of sp³-hybridized carbons (Fsp3) is 0.450. The van der Waals surface area contributed by atoms with E-state index in [1.54, 1.807) is 35.0 Å². The second-order valence-corrected chi connectivity index (χ2v) is 7.43. The fourth-order valence-corrected chi connectivity index (χ4v) is 2.49. The molecule has 0 bridgehead atoms. The number of amides is 1. The van der Waals surface area contributed by atoms with Crippen molar-refractivity contribution in [3.8, 4) is 5.69 Å². The van der Waals surface area contributed by atoms with Gasteiger partial charge in [-0.15, -0.1) is 0 Å². The predicted molar refractivity (Wildman–Crippen MR) is 100 cm³/mol. The Morgan fingerprint density at radius 2 is 1.85 bits per heavy atom. The Hall–Kier alpha value is -2.63. The Morgan fingerprint density at radius 1 is 1.19 bits per heavy atom. The molecular formula is C20H27N3O3. The van der Waals surface area contributed by atoms with Crippen molar-refractivity contribution < 1.29 is 14.3 Å². The number of esters is 1. The minimum atomic E-state index is -0.479. The quantitative estimate of drug-likeness (QED) is 0.744. The van der Waals surface area contributed by atoms with E-state index >= 15 is 0 Å². The zero-order valence-electron chi connectivity index (χ0n) is 16.2. The second kappa shape index (κ2) is 8.17. The molecule has 0 saturated carbocycles. The summed E-state index contributed by atoms with van der Waals surface area (Å²) in [5.41, 5.74) is 2.11. The Labute approximate surface area is 154 Å². The van der Waals surface area contributed by atoms with E-state index in [-0.39, 0.29) is 11.9 Å². The highest BCUT2D eigenvalue weighted by Gasteiger charge is 2.17. The highest BCUT2D eigenvalue weighted by atomic mass is 16.6. The van der Waals surface area contributed by atoms with Gasteiger partial charge in [-0.25, -0.2) is 4.68 Å². The van der Waals surface area contributed by atoms with Crippen molar-refractivity contribution in [3.63, 3.8) is 0 Å². The number of hydrogen-bond donors (Lipinski definition) is 0. The molecule has 0 spiro atoms. The maximum absolute atomic E-state index is 12.5. The molecule has 1 heterocycles. The van der Waals surface area contributed by atoms with Crippen molar-refractivity contribution in [2.75, 3.05) is 13.6 Å². The first kappa shape index (κ1) is 19.7. The third kappa shape index (κ3) is 5.72. The lowest BCUT2D eigenvalue weighted by atomic mass is 10.1. The van der Waals surface area contributed by atoms with Gasteiger partial charge in [0.05, 0.1) is 11.9 Å². The average Bonchev–Trinajstić information content (AvgIpc) is 2.99. The Balaban J connectivity index is 1.87. The third-order valence-corrected chi connectivity index (χ3v) is 3.73. The van der Waals surface area contributed by atoms with Crippen LogP contribution in [0.2, 0.25) is 0 Å². The van der Waals surface area contributed by atoms with Crippen LogP contribution in [0.15, 0.2) is 36.7 Å². The van der Waals surface area contributed by atoms with Gasteiger partial charge in [0.2, 0.25) is 0 Å². The Bertz CT molecular complexity index is 757. The SMILES string of the molecule is Cc1cnn(-c2ccc(C(=O)N(C)CCCC(=O)OC(C)(C)C)cc2)c1. The monoisotopic (exact) mass is 357 g/mol. The molecule has 2 aromatic rings. The van der Waals surface area contributed by atoms with Crippen molar-refractivity contribution in [2.24, 2.45) is 0 Å². The van der Waals surface area contributed by atoms with Gasteiger partial charge in [-0.05, 0) is 63.9 Å². The number of ether oxygens (including phenoxy) is 1. The molecule has 0 unspecified atom stereocenters. The van der Waals surface area contributed by atoms with E-state index in [9.17, 15) is 9.59 Å². The van der Waals surface area contributed by atoms with Crippen LogP contribution in [0.4, 0.5) is 0 Å². The minimum Gasteiger partial charge on any atom is -0.460 e. The molecule has 26 heavy (non-hydrogen) atoms. The van der Waals surface area contributed by atoms with Crippen LogP contribution in [0.5, 0.6) is 0 Å². The summed E-state index contributed by atoms with van der Waals surface area (Å²) in [7, 11) is 1.74. The summed E-state index contributed by atoms with van der Waals surface area (Å²) in [4.78, 5) is 25.8. The summed E-state index contributed by atoms with van der Waals surface area (Å²) in [5, 5.41) is 4.26. The number of nitrogens with zero attached hydrogens (tertiary/aromatic N) is 3. The van der Waals surface area contributed by atoms with Gasteiger partial charge in [-0.2, -0.15) is 5.10 Å². The van der Waals surface area contributed by atoms with E-state index in [4.69, 9.17) is 4.74 Å². The molecule has 0 aliphatic rings. The van der Waals surface area contributed by atoms with E-state index < -0.39 is 5.60 Å². The summed E-state index contributed by atoms with van der Waals surface area (Å²) >= 11 is 0. The van der Waals surface area contributed by atoms with E-state index in [1.807, 2.05) is 46.0 Å². The molecule has 2 rings (SSSR count). The van der Waals surface area contributed by atoms with Crippen molar-refractivity contribution in [3.05, 3.63) is 47.8 Å². The molecule has 1 amide bonds. The minimum absolute atomic E-state index is 0.0719. The topological polar surface area (TPSA) is 64.4 Å². The van der Waals surface area contributed by atoms with Gasteiger partial charge < -0.3 is 9.64 Å². The fourth-order valence-electron chi connectivity index (χ4n) is 2.49. The zero-order chi connectivity index (χ0) is 19.3. The normalized spacial score (nSPS) is 11.3. The molecule has 0 radical (unpaired) electrons. The Morgan fingerprint density at radius 3 is 2.38 bits per heavy atom. The molecule has 140 valence electrons. The first-order chi connectivity index (χ1) is 12.2. The number of aryl methyl sites for hydroxylation is 1. The summed E-state index contributed by atoms with van der Waals surface area (Å²) in [6, 6.07) is 7.32. The first-order valence-electron chi connectivity index (χ1n) is 8.75. The first-order valence-corrected chi connectivity index (χ1v) is 8.75. The number of benzene rings is 1. The zero-order valence-corrected chi connectivity index (χ0v) is 16.2. The van der Waals surface area contributed by atoms with E-state index in [0.717, 1.165) is 11.3 Å². The van der Waals surface area contributed by atoms with Crippen molar-refractivity contribution in [1.29, 1.82) is 0 Å². The molecule has 6 nitrogen and oxygen atoms in total. The molecule has 0 N–H and O–H groups in total. The van der Waals surface area contributed by atoms with Crippen molar-refractivity contribution in [1.82, 2.24) is 14.7 Å². The summed E-state index contributed by atoms with van der Waals surface area (Å²) < 4.78 is 7.04. The molecule has 0 aliphatic carbocycles. The molecular weight excluding hydrogens is 330 g/mol. The van der Waals surface area contributed by atoms with Gasteiger partial charge >= 0.3 is 5.97 Å². The lowest BCUT2D eigenvalue weighted by Gasteiger charge is -2.20. The van der Waals surface area contributed by atoms with Gasteiger partial charge in [-0.1, -0.05) is 0 Å². The second-order valence-electron chi connectivity index (χ2n) is 7.43.